The second kappa shape index (κ2) is 4.84. The summed E-state index contributed by atoms with van der Waals surface area (Å²) in [5.74, 6) is -1.65. The SMILES string of the molecule is Nc1cc([N+](=O)[O-])cc(Nc2ccc(F)cc2F)n1. The van der Waals surface area contributed by atoms with Crippen LogP contribution in [0, 0.1) is 21.7 Å². The maximum Gasteiger partial charge on any atom is 0.276 e. The summed E-state index contributed by atoms with van der Waals surface area (Å²) in [6, 6.07) is 5.06. The number of nitrogen functional groups attached to an aromatic ring is 1. The molecule has 0 radical (unpaired) electrons. The second-order valence-corrected chi connectivity index (χ2v) is 3.64. The number of pyridine rings is 1. The normalized spacial score (nSPS) is 10.2. The van der Waals surface area contributed by atoms with E-state index in [4.69, 9.17) is 5.73 Å². The number of rotatable bonds is 3. The standard InChI is InChI=1S/C11H8F2N4O2/c12-6-1-2-9(8(13)3-6)15-11-5-7(17(18)19)4-10(14)16-11/h1-5H,(H3,14,15,16). The van der Waals surface area contributed by atoms with E-state index < -0.39 is 16.6 Å². The molecule has 2 rings (SSSR count). The molecule has 0 aliphatic heterocycles. The summed E-state index contributed by atoms with van der Waals surface area (Å²) >= 11 is 0. The van der Waals surface area contributed by atoms with E-state index in [1.54, 1.807) is 0 Å². The minimum absolute atomic E-state index is 0.00259. The van der Waals surface area contributed by atoms with Gasteiger partial charge in [0.2, 0.25) is 0 Å². The van der Waals surface area contributed by atoms with Gasteiger partial charge in [0.25, 0.3) is 5.69 Å². The number of halogens is 2. The highest BCUT2D eigenvalue weighted by Gasteiger charge is 2.11. The number of nitrogens with zero attached hydrogens (tertiary/aromatic N) is 2. The molecule has 6 nitrogen and oxygen atoms in total. The Labute approximate surface area is 106 Å². The predicted molar refractivity (Wildman–Crippen MR) is 64.9 cm³/mol. The Kier molecular flexibility index (Phi) is 3.23. The Morgan fingerprint density at radius 1 is 1.26 bits per heavy atom. The molecule has 1 heterocycles. The molecule has 8 heteroatoms. The summed E-state index contributed by atoms with van der Waals surface area (Å²) in [5.41, 5.74) is 5.06. The van der Waals surface area contributed by atoms with Gasteiger partial charge in [0.1, 0.15) is 23.3 Å². The van der Waals surface area contributed by atoms with Crippen molar-refractivity contribution in [3.8, 4) is 0 Å². The van der Waals surface area contributed by atoms with Gasteiger partial charge in [-0.1, -0.05) is 0 Å². The van der Waals surface area contributed by atoms with E-state index in [1.807, 2.05) is 0 Å². The summed E-state index contributed by atoms with van der Waals surface area (Å²) in [5, 5.41) is 13.1. The first-order valence-corrected chi connectivity index (χ1v) is 5.10. The summed E-state index contributed by atoms with van der Waals surface area (Å²) in [6.07, 6.45) is 0. The summed E-state index contributed by atoms with van der Waals surface area (Å²) in [7, 11) is 0. The third-order valence-electron chi connectivity index (χ3n) is 2.23. The van der Waals surface area contributed by atoms with Crippen molar-refractivity contribution in [1.82, 2.24) is 4.98 Å². The zero-order valence-corrected chi connectivity index (χ0v) is 9.43. The van der Waals surface area contributed by atoms with Crippen molar-refractivity contribution >= 4 is 23.0 Å². The number of anilines is 3. The van der Waals surface area contributed by atoms with Crippen molar-refractivity contribution in [1.29, 1.82) is 0 Å². The van der Waals surface area contributed by atoms with E-state index in [0.29, 0.717) is 6.07 Å². The van der Waals surface area contributed by atoms with Crippen LogP contribution in [0.3, 0.4) is 0 Å². The van der Waals surface area contributed by atoms with Crippen molar-refractivity contribution in [3.05, 3.63) is 52.1 Å². The molecule has 0 fully saturated rings. The minimum Gasteiger partial charge on any atom is -0.383 e. The van der Waals surface area contributed by atoms with Gasteiger partial charge < -0.3 is 11.1 Å². The number of nitro groups is 1. The molecule has 2 aromatic rings. The molecule has 0 atom stereocenters. The lowest BCUT2D eigenvalue weighted by Gasteiger charge is -2.07. The fraction of sp³-hybridized carbons (Fsp3) is 0. The first-order chi connectivity index (χ1) is 8.95. The van der Waals surface area contributed by atoms with Gasteiger partial charge in [-0.05, 0) is 12.1 Å². The zero-order valence-electron chi connectivity index (χ0n) is 9.43. The van der Waals surface area contributed by atoms with Crippen molar-refractivity contribution in [2.24, 2.45) is 0 Å². The van der Waals surface area contributed by atoms with Gasteiger partial charge in [-0.15, -0.1) is 0 Å². The number of benzene rings is 1. The van der Waals surface area contributed by atoms with Crippen LogP contribution < -0.4 is 11.1 Å². The number of nitrogens with one attached hydrogen (secondary N) is 1. The highest BCUT2D eigenvalue weighted by molar-refractivity contribution is 5.61. The molecule has 0 aliphatic carbocycles. The van der Waals surface area contributed by atoms with E-state index in [9.17, 15) is 18.9 Å². The van der Waals surface area contributed by atoms with Crippen LogP contribution in [0.2, 0.25) is 0 Å². The van der Waals surface area contributed by atoms with E-state index >= 15 is 0 Å². The van der Waals surface area contributed by atoms with Crippen LogP contribution in [-0.4, -0.2) is 9.91 Å². The predicted octanol–water partition coefficient (Wildman–Crippen LogP) is 2.59. The zero-order chi connectivity index (χ0) is 14.0. The topological polar surface area (TPSA) is 94.1 Å². The average molecular weight is 266 g/mol. The molecule has 0 amide bonds. The molecular weight excluding hydrogens is 258 g/mol. The largest absolute Gasteiger partial charge is 0.383 e. The van der Waals surface area contributed by atoms with E-state index in [-0.39, 0.29) is 23.0 Å². The van der Waals surface area contributed by atoms with Gasteiger partial charge in [0.05, 0.1) is 22.7 Å². The van der Waals surface area contributed by atoms with Crippen LogP contribution in [0.25, 0.3) is 0 Å². The van der Waals surface area contributed by atoms with Crippen LogP contribution in [0.5, 0.6) is 0 Å². The van der Waals surface area contributed by atoms with E-state index in [1.165, 1.54) is 0 Å². The van der Waals surface area contributed by atoms with Crippen molar-refractivity contribution in [2.75, 3.05) is 11.1 Å². The molecule has 0 unspecified atom stereocenters. The fourth-order valence-electron chi connectivity index (χ4n) is 1.44. The van der Waals surface area contributed by atoms with E-state index in [2.05, 4.69) is 10.3 Å². The van der Waals surface area contributed by atoms with Gasteiger partial charge in [-0.2, -0.15) is 0 Å². The first-order valence-electron chi connectivity index (χ1n) is 5.10. The lowest BCUT2D eigenvalue weighted by Crippen LogP contribution is -2.01. The highest BCUT2D eigenvalue weighted by Crippen LogP contribution is 2.23. The van der Waals surface area contributed by atoms with Gasteiger partial charge in [-0.25, -0.2) is 13.8 Å². The number of aromatic nitrogens is 1. The van der Waals surface area contributed by atoms with Gasteiger partial charge in [0, 0.05) is 6.07 Å². The molecule has 98 valence electrons. The number of hydrogen-bond acceptors (Lipinski definition) is 5. The van der Waals surface area contributed by atoms with Gasteiger partial charge in [-0.3, -0.25) is 10.1 Å². The third-order valence-corrected chi connectivity index (χ3v) is 2.23. The molecule has 0 spiro atoms. The van der Waals surface area contributed by atoms with Crippen molar-refractivity contribution < 1.29 is 13.7 Å². The van der Waals surface area contributed by atoms with Gasteiger partial charge in [0.15, 0.2) is 0 Å². The molecular formula is C11H8F2N4O2. The highest BCUT2D eigenvalue weighted by atomic mass is 19.1. The summed E-state index contributed by atoms with van der Waals surface area (Å²) in [6.45, 7) is 0. The molecule has 0 aliphatic rings. The van der Waals surface area contributed by atoms with Crippen LogP contribution in [0.1, 0.15) is 0 Å². The Morgan fingerprint density at radius 2 is 2.00 bits per heavy atom. The maximum atomic E-state index is 13.4. The Morgan fingerprint density at radius 3 is 2.63 bits per heavy atom. The quantitative estimate of drug-likeness (QED) is 0.657. The maximum absolute atomic E-state index is 13.4. The van der Waals surface area contributed by atoms with Crippen LogP contribution in [-0.2, 0) is 0 Å². The summed E-state index contributed by atoms with van der Waals surface area (Å²) in [4.78, 5) is 13.8. The van der Waals surface area contributed by atoms with Crippen molar-refractivity contribution in [3.63, 3.8) is 0 Å². The molecule has 3 N–H and O–H groups in total. The van der Waals surface area contributed by atoms with Crippen LogP contribution in [0.15, 0.2) is 30.3 Å². The Bertz CT molecular complexity index is 649. The monoisotopic (exact) mass is 266 g/mol. The number of nitrogens with two attached hydrogens (primary N) is 1. The van der Waals surface area contributed by atoms with Crippen LogP contribution in [0.4, 0.5) is 31.8 Å². The summed E-state index contributed by atoms with van der Waals surface area (Å²) < 4.78 is 26.1. The minimum atomic E-state index is -0.841. The smallest absolute Gasteiger partial charge is 0.276 e. The third kappa shape index (κ3) is 2.92. The molecule has 19 heavy (non-hydrogen) atoms. The van der Waals surface area contributed by atoms with Gasteiger partial charge >= 0.3 is 0 Å². The number of hydrogen-bond donors (Lipinski definition) is 2. The lowest BCUT2D eigenvalue weighted by molar-refractivity contribution is -0.384. The first kappa shape index (κ1) is 12.7. The van der Waals surface area contributed by atoms with Crippen LogP contribution >= 0.6 is 0 Å². The molecule has 0 saturated heterocycles. The molecule has 1 aromatic carbocycles. The molecule has 0 bridgehead atoms. The second-order valence-electron chi connectivity index (χ2n) is 3.64. The van der Waals surface area contributed by atoms with Crippen molar-refractivity contribution in [2.45, 2.75) is 0 Å². The fourth-order valence-corrected chi connectivity index (χ4v) is 1.44. The molecule has 0 saturated carbocycles. The lowest BCUT2D eigenvalue weighted by atomic mass is 10.3. The Balaban J connectivity index is 2.35. The molecule has 1 aromatic heterocycles. The Hall–Kier alpha value is -2.77. The van der Waals surface area contributed by atoms with E-state index in [0.717, 1.165) is 24.3 Å². The average Bonchev–Trinajstić information content (AvgIpc) is 2.32.